The number of fused-ring (bicyclic) bond motifs is 1. The fraction of sp³-hybridized carbons (Fsp3) is 0.318. The molecule has 0 spiro atoms. The van der Waals surface area contributed by atoms with Crippen molar-refractivity contribution in [3.63, 3.8) is 0 Å². The molecule has 0 saturated carbocycles. The van der Waals surface area contributed by atoms with Crippen LogP contribution in [0.25, 0.3) is 11.3 Å². The number of hydrogen-bond donors (Lipinski definition) is 1. The van der Waals surface area contributed by atoms with Gasteiger partial charge in [-0.2, -0.15) is 0 Å². The number of halogens is 1. The van der Waals surface area contributed by atoms with E-state index in [-0.39, 0.29) is 11.7 Å². The van der Waals surface area contributed by atoms with E-state index in [4.69, 9.17) is 21.0 Å². The first-order chi connectivity index (χ1) is 14.0. The van der Waals surface area contributed by atoms with Crippen LogP contribution in [0.4, 0.5) is 5.82 Å². The molecule has 1 atom stereocenters. The van der Waals surface area contributed by atoms with Gasteiger partial charge in [-0.05, 0) is 90.8 Å². The molecule has 3 aromatic rings. The number of ether oxygens (including phenoxy) is 1. The Hall–Kier alpha value is -2.86. The minimum absolute atomic E-state index is 0.286. The highest BCUT2D eigenvalue weighted by Crippen LogP contribution is 2.30. The van der Waals surface area contributed by atoms with Gasteiger partial charge in [-0.1, -0.05) is 23.7 Å². The second-order valence-corrected chi connectivity index (χ2v) is 7.72. The third kappa shape index (κ3) is 4.27. The summed E-state index contributed by atoms with van der Waals surface area (Å²) >= 11 is 6.03. The monoisotopic (exact) mass is 411 g/mol. The van der Waals surface area contributed by atoms with Crippen molar-refractivity contribution in [2.75, 3.05) is 5.32 Å². The number of amides is 1. The van der Waals surface area contributed by atoms with Gasteiger partial charge in [-0.3, -0.25) is 4.79 Å². The molecule has 0 unspecified atom stereocenters. The van der Waals surface area contributed by atoms with Crippen molar-refractivity contribution in [3.8, 4) is 17.0 Å². The zero-order valence-corrected chi connectivity index (χ0v) is 17.1. The Morgan fingerprint density at radius 1 is 1.14 bits per heavy atom. The van der Waals surface area contributed by atoms with E-state index in [0.717, 1.165) is 24.0 Å². The number of anilines is 1. The Bertz CT molecular complexity index is 1050. The van der Waals surface area contributed by atoms with Crippen molar-refractivity contribution < 1.29 is 14.2 Å². The van der Waals surface area contributed by atoms with Crippen LogP contribution in [0.2, 0.25) is 5.02 Å². The summed E-state index contributed by atoms with van der Waals surface area (Å²) in [5.41, 5.74) is 4.98. The SMILES string of the molecule is Cc1cc(O[C@@H](C)C(=O)Nc2nonc2-c2ccc3c(c2)CCCC3)ccc1Cl. The van der Waals surface area contributed by atoms with E-state index in [1.165, 1.54) is 24.0 Å². The molecule has 1 heterocycles. The summed E-state index contributed by atoms with van der Waals surface area (Å²) in [5.74, 6) is 0.517. The summed E-state index contributed by atoms with van der Waals surface area (Å²) in [6.45, 7) is 3.55. The third-order valence-electron chi connectivity index (χ3n) is 5.16. The van der Waals surface area contributed by atoms with Gasteiger partial charge in [0.1, 0.15) is 5.75 Å². The fourth-order valence-corrected chi connectivity index (χ4v) is 3.62. The topological polar surface area (TPSA) is 77.2 Å². The smallest absolute Gasteiger partial charge is 0.266 e. The van der Waals surface area contributed by atoms with Gasteiger partial charge in [0, 0.05) is 10.6 Å². The number of nitrogens with one attached hydrogen (secondary N) is 1. The molecule has 0 bridgehead atoms. The molecule has 2 aromatic carbocycles. The first-order valence-electron chi connectivity index (χ1n) is 9.69. The number of hydrogen-bond acceptors (Lipinski definition) is 5. The Morgan fingerprint density at radius 3 is 2.72 bits per heavy atom. The number of nitrogens with zero attached hydrogens (tertiary/aromatic N) is 2. The van der Waals surface area contributed by atoms with E-state index < -0.39 is 6.10 Å². The lowest BCUT2D eigenvalue weighted by Crippen LogP contribution is -2.30. The predicted octanol–water partition coefficient (Wildman–Crippen LogP) is 4.98. The first-order valence-corrected chi connectivity index (χ1v) is 10.1. The van der Waals surface area contributed by atoms with Crippen LogP contribution < -0.4 is 10.1 Å². The van der Waals surface area contributed by atoms with Crippen LogP contribution in [0.3, 0.4) is 0 Å². The predicted molar refractivity (Wildman–Crippen MR) is 111 cm³/mol. The van der Waals surface area contributed by atoms with Crippen LogP contribution in [-0.4, -0.2) is 22.3 Å². The van der Waals surface area contributed by atoms with E-state index in [1.807, 2.05) is 13.0 Å². The standard InChI is InChI=1S/C22H22ClN3O3/c1-13-11-18(9-10-19(13)23)28-14(2)22(27)24-21-20(25-29-26-21)17-8-7-15-5-3-4-6-16(15)12-17/h7-12,14H,3-6H2,1-2H3,(H,24,26,27)/t14-/m0/s1. The van der Waals surface area contributed by atoms with E-state index >= 15 is 0 Å². The molecule has 1 aliphatic carbocycles. The van der Waals surface area contributed by atoms with Crippen LogP contribution in [0.1, 0.15) is 36.5 Å². The molecular weight excluding hydrogens is 390 g/mol. The van der Waals surface area contributed by atoms with E-state index in [2.05, 4.69) is 27.8 Å². The summed E-state index contributed by atoms with van der Waals surface area (Å²) in [6.07, 6.45) is 3.85. The maximum atomic E-state index is 12.6. The van der Waals surface area contributed by atoms with E-state index in [1.54, 1.807) is 25.1 Å². The number of carbonyl (C=O) groups excluding carboxylic acids is 1. The highest BCUT2D eigenvalue weighted by Gasteiger charge is 2.21. The molecule has 1 N–H and O–H groups in total. The minimum Gasteiger partial charge on any atom is -0.481 e. The molecule has 0 fully saturated rings. The molecule has 0 saturated heterocycles. The molecule has 150 valence electrons. The average molecular weight is 412 g/mol. The van der Waals surface area contributed by atoms with Crippen molar-refractivity contribution in [2.45, 2.75) is 45.6 Å². The molecular formula is C22H22ClN3O3. The zero-order chi connectivity index (χ0) is 20.4. The lowest BCUT2D eigenvalue weighted by atomic mass is 9.90. The van der Waals surface area contributed by atoms with Crippen LogP contribution in [-0.2, 0) is 17.6 Å². The van der Waals surface area contributed by atoms with Crippen molar-refractivity contribution in [2.24, 2.45) is 0 Å². The molecule has 1 amide bonds. The van der Waals surface area contributed by atoms with Gasteiger partial charge in [0.15, 0.2) is 11.8 Å². The Labute approximate surface area is 174 Å². The summed E-state index contributed by atoms with van der Waals surface area (Å²) in [5, 5.41) is 11.3. The summed E-state index contributed by atoms with van der Waals surface area (Å²) in [7, 11) is 0. The van der Waals surface area contributed by atoms with Gasteiger partial charge in [0.05, 0.1) is 0 Å². The molecule has 1 aromatic heterocycles. The minimum atomic E-state index is -0.733. The fourth-order valence-electron chi connectivity index (χ4n) is 3.51. The summed E-state index contributed by atoms with van der Waals surface area (Å²) in [4.78, 5) is 12.6. The highest BCUT2D eigenvalue weighted by molar-refractivity contribution is 6.31. The largest absolute Gasteiger partial charge is 0.481 e. The first kappa shape index (κ1) is 19.5. The van der Waals surface area contributed by atoms with Crippen LogP contribution in [0.15, 0.2) is 41.0 Å². The maximum Gasteiger partial charge on any atom is 0.266 e. The molecule has 7 heteroatoms. The number of aryl methyl sites for hydroxylation is 3. The van der Waals surface area contributed by atoms with Crippen molar-refractivity contribution in [1.29, 1.82) is 0 Å². The van der Waals surface area contributed by atoms with E-state index in [0.29, 0.717) is 16.5 Å². The van der Waals surface area contributed by atoms with Gasteiger partial charge in [-0.25, -0.2) is 4.63 Å². The molecule has 6 nitrogen and oxygen atoms in total. The second-order valence-electron chi connectivity index (χ2n) is 7.31. The van der Waals surface area contributed by atoms with E-state index in [9.17, 15) is 4.79 Å². The number of benzene rings is 2. The molecule has 0 radical (unpaired) electrons. The lowest BCUT2D eigenvalue weighted by Gasteiger charge is -2.16. The summed E-state index contributed by atoms with van der Waals surface area (Å²) < 4.78 is 10.6. The van der Waals surface area contributed by atoms with Crippen molar-refractivity contribution in [1.82, 2.24) is 10.3 Å². The number of carbonyl (C=O) groups is 1. The van der Waals surface area contributed by atoms with Gasteiger partial charge in [0.25, 0.3) is 5.91 Å². The Balaban J connectivity index is 1.48. The van der Waals surface area contributed by atoms with Gasteiger partial charge < -0.3 is 10.1 Å². The normalized spacial score (nSPS) is 14.2. The van der Waals surface area contributed by atoms with Gasteiger partial charge in [0.2, 0.25) is 5.82 Å². The highest BCUT2D eigenvalue weighted by atomic mass is 35.5. The molecule has 1 aliphatic rings. The Morgan fingerprint density at radius 2 is 1.93 bits per heavy atom. The van der Waals surface area contributed by atoms with Crippen LogP contribution in [0.5, 0.6) is 5.75 Å². The number of rotatable bonds is 5. The van der Waals surface area contributed by atoms with Crippen molar-refractivity contribution >= 4 is 23.3 Å². The Kier molecular flexibility index (Phi) is 5.53. The molecule has 0 aliphatic heterocycles. The quantitative estimate of drug-likeness (QED) is 0.640. The zero-order valence-electron chi connectivity index (χ0n) is 16.4. The molecule has 29 heavy (non-hydrogen) atoms. The average Bonchev–Trinajstić information content (AvgIpc) is 3.18. The van der Waals surface area contributed by atoms with Gasteiger partial charge in [-0.15, -0.1) is 0 Å². The number of aromatic nitrogens is 2. The third-order valence-corrected chi connectivity index (χ3v) is 5.59. The van der Waals surface area contributed by atoms with Crippen molar-refractivity contribution in [3.05, 3.63) is 58.1 Å². The molecule has 4 rings (SSSR count). The summed E-state index contributed by atoms with van der Waals surface area (Å²) in [6, 6.07) is 11.5. The van der Waals surface area contributed by atoms with Crippen LogP contribution >= 0.6 is 11.6 Å². The maximum absolute atomic E-state index is 12.6. The lowest BCUT2D eigenvalue weighted by molar-refractivity contribution is -0.122. The van der Waals surface area contributed by atoms with Crippen LogP contribution in [0, 0.1) is 6.92 Å². The van der Waals surface area contributed by atoms with Gasteiger partial charge >= 0.3 is 0 Å². The second kappa shape index (κ2) is 8.25.